The number of nitrogens with zero attached hydrogens (tertiary/aromatic N) is 1. The molecule has 0 aromatic carbocycles. The van der Waals surface area contributed by atoms with Crippen molar-refractivity contribution in [2.75, 3.05) is 0 Å². The normalized spacial score (nSPS) is 14.0. The number of carbonyl (C=O) groups excluding carboxylic acids is 1. The number of aliphatic carboxylic acids is 2. The maximum Gasteiger partial charge on any atom is 0.326 e. The van der Waals surface area contributed by atoms with Crippen molar-refractivity contribution in [2.24, 2.45) is 11.8 Å². The third-order valence-corrected chi connectivity index (χ3v) is 3.02. The molecule has 0 aliphatic heterocycles. The molecule has 0 radical (unpaired) electrons. The van der Waals surface area contributed by atoms with Crippen LogP contribution in [0.25, 0.3) is 0 Å². The summed E-state index contributed by atoms with van der Waals surface area (Å²) in [6, 6.07) is -0.439. The third kappa shape index (κ3) is 7.31. The second-order valence-corrected chi connectivity index (χ2v) is 5.89. The minimum Gasteiger partial charge on any atom is -0.480 e. The van der Waals surface area contributed by atoms with Crippen molar-refractivity contribution >= 4 is 17.8 Å². The molecule has 2 atom stereocenters. The third-order valence-electron chi connectivity index (χ3n) is 3.02. The largest absolute Gasteiger partial charge is 0.480 e. The Morgan fingerprint density at radius 2 is 1.70 bits per heavy atom. The molecule has 0 aliphatic carbocycles. The average molecular weight is 325 g/mol. The predicted octanol–water partition coefficient (Wildman–Crippen LogP) is 0.708. The zero-order chi connectivity index (χ0) is 18.2. The van der Waals surface area contributed by atoms with Crippen LogP contribution < -0.4 is 10.6 Å². The minimum atomic E-state index is -1.19. The fourth-order valence-electron chi connectivity index (χ4n) is 1.80. The number of carboxylic acids is 2. The standard InChI is InChI=1S/C15H23N3O5/c1-8(2)5-11(14(20)21)18-13(19)10(6-16)7-17-12(9(3)4)15(22)23/h7-9,11-12,17H,5H2,1-4H3,(H,18,19)(H,20,21)(H,22,23)/b10-7-. The molecular weight excluding hydrogens is 302 g/mol. The molecule has 0 bridgehead atoms. The number of nitrogens with one attached hydrogen (secondary N) is 2. The summed E-state index contributed by atoms with van der Waals surface area (Å²) < 4.78 is 0. The molecule has 0 rings (SSSR count). The van der Waals surface area contributed by atoms with Crippen LogP contribution in [-0.4, -0.2) is 40.1 Å². The van der Waals surface area contributed by atoms with E-state index in [1.807, 2.05) is 13.8 Å². The van der Waals surface area contributed by atoms with Crippen molar-refractivity contribution in [2.45, 2.75) is 46.2 Å². The highest BCUT2D eigenvalue weighted by Crippen LogP contribution is 2.07. The lowest BCUT2D eigenvalue weighted by Crippen LogP contribution is -2.43. The summed E-state index contributed by atoms with van der Waals surface area (Å²) in [6.45, 7) is 6.97. The summed E-state index contributed by atoms with van der Waals surface area (Å²) in [6.07, 6.45) is 1.22. The van der Waals surface area contributed by atoms with Crippen molar-refractivity contribution in [3.05, 3.63) is 11.8 Å². The molecule has 0 aliphatic rings. The van der Waals surface area contributed by atoms with Crippen molar-refractivity contribution in [1.29, 1.82) is 5.26 Å². The quantitative estimate of drug-likeness (QED) is 0.361. The zero-order valence-corrected chi connectivity index (χ0v) is 13.7. The Labute approximate surface area is 135 Å². The highest BCUT2D eigenvalue weighted by Gasteiger charge is 2.24. The first-order valence-electron chi connectivity index (χ1n) is 7.22. The highest BCUT2D eigenvalue weighted by molar-refractivity contribution is 5.99. The van der Waals surface area contributed by atoms with Gasteiger partial charge in [0.1, 0.15) is 23.7 Å². The van der Waals surface area contributed by atoms with Crippen LogP contribution in [0.5, 0.6) is 0 Å². The van der Waals surface area contributed by atoms with E-state index >= 15 is 0 Å². The molecular formula is C15H23N3O5. The number of carbonyl (C=O) groups is 3. The molecule has 0 heterocycles. The molecule has 0 spiro atoms. The number of amides is 1. The molecule has 128 valence electrons. The zero-order valence-electron chi connectivity index (χ0n) is 13.7. The molecule has 0 aromatic heterocycles. The van der Waals surface area contributed by atoms with E-state index in [1.165, 1.54) is 0 Å². The Kier molecular flexibility index (Phi) is 8.40. The van der Waals surface area contributed by atoms with Crippen LogP contribution in [0.4, 0.5) is 0 Å². The van der Waals surface area contributed by atoms with Gasteiger partial charge in [-0.3, -0.25) is 4.79 Å². The molecule has 0 aromatic rings. The first-order valence-corrected chi connectivity index (χ1v) is 7.22. The van der Waals surface area contributed by atoms with Crippen molar-refractivity contribution in [3.63, 3.8) is 0 Å². The number of nitriles is 1. The molecule has 0 saturated carbocycles. The van der Waals surface area contributed by atoms with Gasteiger partial charge in [-0.1, -0.05) is 27.7 Å². The van der Waals surface area contributed by atoms with E-state index < -0.39 is 29.9 Å². The summed E-state index contributed by atoms with van der Waals surface area (Å²) in [5, 5.41) is 31.9. The van der Waals surface area contributed by atoms with Gasteiger partial charge in [-0.05, 0) is 18.3 Å². The fourth-order valence-corrected chi connectivity index (χ4v) is 1.80. The average Bonchev–Trinajstić information content (AvgIpc) is 2.41. The van der Waals surface area contributed by atoms with E-state index in [2.05, 4.69) is 10.6 Å². The van der Waals surface area contributed by atoms with Crippen LogP contribution in [-0.2, 0) is 14.4 Å². The molecule has 4 N–H and O–H groups in total. The van der Waals surface area contributed by atoms with Gasteiger partial charge in [-0.15, -0.1) is 0 Å². The Balaban J connectivity index is 5.05. The van der Waals surface area contributed by atoms with E-state index in [9.17, 15) is 14.4 Å². The Hall–Kier alpha value is -2.56. The summed E-state index contributed by atoms with van der Waals surface area (Å²) in [5.41, 5.74) is -0.382. The lowest BCUT2D eigenvalue weighted by molar-refractivity contribution is -0.141. The first-order chi connectivity index (χ1) is 10.6. The SMILES string of the molecule is CC(C)CC(NC(=O)/C(C#N)=C\NC(C(=O)O)C(C)C)C(=O)O. The summed E-state index contributed by atoms with van der Waals surface area (Å²) in [4.78, 5) is 34.1. The molecule has 2 unspecified atom stereocenters. The monoisotopic (exact) mass is 325 g/mol. The number of rotatable bonds is 9. The second kappa shape index (κ2) is 9.46. The van der Waals surface area contributed by atoms with Crippen molar-refractivity contribution in [3.8, 4) is 6.07 Å². The number of carboxylic acid groups (broad SMARTS) is 2. The van der Waals surface area contributed by atoms with Crippen LogP contribution in [0.1, 0.15) is 34.1 Å². The molecule has 8 nitrogen and oxygen atoms in total. The Morgan fingerprint density at radius 3 is 2.04 bits per heavy atom. The molecule has 1 amide bonds. The first kappa shape index (κ1) is 20.4. The van der Waals surface area contributed by atoms with Gasteiger partial charge in [-0.25, -0.2) is 9.59 Å². The fraction of sp³-hybridized carbons (Fsp3) is 0.600. The lowest BCUT2D eigenvalue weighted by Gasteiger charge is -2.18. The van der Waals surface area contributed by atoms with Gasteiger partial charge in [0.15, 0.2) is 0 Å². The van der Waals surface area contributed by atoms with E-state index in [4.69, 9.17) is 15.5 Å². The van der Waals surface area contributed by atoms with Crippen LogP contribution >= 0.6 is 0 Å². The molecule has 0 saturated heterocycles. The molecule has 23 heavy (non-hydrogen) atoms. The predicted molar refractivity (Wildman–Crippen MR) is 82.1 cm³/mol. The van der Waals surface area contributed by atoms with Crippen LogP contribution in [0.15, 0.2) is 11.8 Å². The van der Waals surface area contributed by atoms with Gasteiger partial charge >= 0.3 is 11.9 Å². The van der Waals surface area contributed by atoms with E-state index in [-0.39, 0.29) is 23.8 Å². The van der Waals surface area contributed by atoms with Gasteiger partial charge in [0.25, 0.3) is 5.91 Å². The van der Waals surface area contributed by atoms with Gasteiger partial charge < -0.3 is 20.8 Å². The van der Waals surface area contributed by atoms with Gasteiger partial charge in [0.2, 0.25) is 0 Å². The Morgan fingerprint density at radius 1 is 1.13 bits per heavy atom. The van der Waals surface area contributed by atoms with Gasteiger partial charge in [0, 0.05) is 6.20 Å². The van der Waals surface area contributed by atoms with Gasteiger partial charge in [0.05, 0.1) is 0 Å². The lowest BCUT2D eigenvalue weighted by atomic mass is 10.0. The maximum atomic E-state index is 12.0. The smallest absolute Gasteiger partial charge is 0.326 e. The van der Waals surface area contributed by atoms with Crippen LogP contribution in [0.2, 0.25) is 0 Å². The molecule has 0 fully saturated rings. The summed E-state index contributed by atoms with van der Waals surface area (Å²) >= 11 is 0. The van der Waals surface area contributed by atoms with Crippen molar-refractivity contribution < 1.29 is 24.6 Å². The number of hydrogen-bond donors (Lipinski definition) is 4. The van der Waals surface area contributed by atoms with Crippen LogP contribution in [0, 0.1) is 23.2 Å². The Bertz CT molecular complexity index is 520. The second-order valence-electron chi connectivity index (χ2n) is 5.89. The van der Waals surface area contributed by atoms with Crippen molar-refractivity contribution in [1.82, 2.24) is 10.6 Å². The minimum absolute atomic E-state index is 0.0429. The summed E-state index contributed by atoms with van der Waals surface area (Å²) in [7, 11) is 0. The van der Waals surface area contributed by atoms with Gasteiger partial charge in [-0.2, -0.15) is 5.26 Å². The van der Waals surface area contributed by atoms with E-state index in [0.29, 0.717) is 0 Å². The highest BCUT2D eigenvalue weighted by atomic mass is 16.4. The van der Waals surface area contributed by atoms with E-state index in [0.717, 1.165) is 6.20 Å². The number of hydrogen-bond acceptors (Lipinski definition) is 5. The topological polar surface area (TPSA) is 140 Å². The molecule has 8 heteroatoms. The maximum absolute atomic E-state index is 12.0. The summed E-state index contributed by atoms with van der Waals surface area (Å²) in [5.74, 6) is -3.39. The van der Waals surface area contributed by atoms with Crippen LogP contribution in [0.3, 0.4) is 0 Å². The van der Waals surface area contributed by atoms with E-state index in [1.54, 1.807) is 19.9 Å².